The Morgan fingerprint density at radius 2 is 1.75 bits per heavy atom. The van der Waals surface area contributed by atoms with E-state index in [0.29, 0.717) is 29.2 Å². The molecule has 0 aromatic heterocycles. The van der Waals surface area contributed by atoms with Crippen LogP contribution in [0.3, 0.4) is 0 Å². The van der Waals surface area contributed by atoms with Gasteiger partial charge in [0.15, 0.2) is 17.3 Å². The SMILES string of the molecule is COc1cc(C(=O)CC(CCc2ccccc2)NC(=O)[C@@H]2CCCN2)cc(OC)c1OC. The number of rotatable bonds is 11. The van der Waals surface area contributed by atoms with Gasteiger partial charge in [-0.15, -0.1) is 0 Å². The molecule has 2 atom stereocenters. The molecule has 7 heteroatoms. The highest BCUT2D eigenvalue weighted by molar-refractivity contribution is 5.98. The normalized spacial score (nSPS) is 16.3. The summed E-state index contributed by atoms with van der Waals surface area (Å²) in [6, 6.07) is 12.9. The molecule has 2 aromatic rings. The molecule has 172 valence electrons. The minimum atomic E-state index is -0.281. The molecule has 2 N–H and O–H groups in total. The number of benzene rings is 2. The Morgan fingerprint density at radius 1 is 1.06 bits per heavy atom. The first-order chi connectivity index (χ1) is 15.5. The van der Waals surface area contributed by atoms with Gasteiger partial charge >= 0.3 is 0 Å². The number of carbonyl (C=O) groups excluding carboxylic acids is 2. The first-order valence-electron chi connectivity index (χ1n) is 11.0. The van der Waals surface area contributed by atoms with Crippen molar-refractivity contribution in [2.45, 2.75) is 44.2 Å². The van der Waals surface area contributed by atoms with E-state index in [4.69, 9.17) is 14.2 Å². The Balaban J connectivity index is 1.76. The second-order valence-electron chi connectivity index (χ2n) is 7.92. The fourth-order valence-corrected chi connectivity index (χ4v) is 4.00. The molecule has 0 saturated carbocycles. The lowest BCUT2D eigenvalue weighted by Gasteiger charge is -2.21. The fraction of sp³-hybridized carbons (Fsp3) is 0.440. The van der Waals surface area contributed by atoms with Crippen LogP contribution in [0.15, 0.2) is 42.5 Å². The largest absolute Gasteiger partial charge is 0.493 e. The lowest BCUT2D eigenvalue weighted by Crippen LogP contribution is -2.46. The van der Waals surface area contributed by atoms with Crippen molar-refractivity contribution >= 4 is 11.7 Å². The predicted octanol–water partition coefficient (Wildman–Crippen LogP) is 3.15. The quantitative estimate of drug-likeness (QED) is 0.522. The van der Waals surface area contributed by atoms with Gasteiger partial charge in [-0.05, 0) is 49.9 Å². The van der Waals surface area contributed by atoms with Gasteiger partial charge in [-0.2, -0.15) is 0 Å². The Labute approximate surface area is 189 Å². The number of amides is 1. The number of methoxy groups -OCH3 is 3. The summed E-state index contributed by atoms with van der Waals surface area (Å²) in [5, 5.41) is 6.32. The van der Waals surface area contributed by atoms with E-state index in [1.54, 1.807) is 12.1 Å². The summed E-state index contributed by atoms with van der Waals surface area (Å²) in [5.41, 5.74) is 1.63. The van der Waals surface area contributed by atoms with Crippen LogP contribution in [0.2, 0.25) is 0 Å². The zero-order chi connectivity index (χ0) is 22.9. The number of Topliss-reactive ketones (excluding diaryl/α,β-unsaturated/α-hetero) is 1. The fourth-order valence-electron chi connectivity index (χ4n) is 4.00. The minimum Gasteiger partial charge on any atom is -0.493 e. The van der Waals surface area contributed by atoms with E-state index in [9.17, 15) is 9.59 Å². The first kappa shape index (κ1) is 23.6. The third kappa shape index (κ3) is 6.01. The minimum absolute atomic E-state index is 0.0433. The van der Waals surface area contributed by atoms with E-state index in [1.807, 2.05) is 18.2 Å². The Morgan fingerprint density at radius 3 is 2.31 bits per heavy atom. The number of hydrogen-bond donors (Lipinski definition) is 2. The van der Waals surface area contributed by atoms with Gasteiger partial charge in [0, 0.05) is 18.0 Å². The van der Waals surface area contributed by atoms with Crippen molar-refractivity contribution in [2.75, 3.05) is 27.9 Å². The van der Waals surface area contributed by atoms with Crippen molar-refractivity contribution < 1.29 is 23.8 Å². The molecule has 1 amide bonds. The molecule has 1 aliphatic heterocycles. The smallest absolute Gasteiger partial charge is 0.237 e. The molecule has 0 spiro atoms. The van der Waals surface area contributed by atoms with Crippen LogP contribution in [-0.2, 0) is 11.2 Å². The molecule has 1 saturated heterocycles. The average Bonchev–Trinajstić information content (AvgIpc) is 3.37. The molecule has 1 unspecified atom stereocenters. The van der Waals surface area contributed by atoms with Gasteiger partial charge in [-0.3, -0.25) is 9.59 Å². The van der Waals surface area contributed by atoms with Crippen LogP contribution in [0, 0.1) is 0 Å². The maximum absolute atomic E-state index is 13.2. The molecule has 0 aliphatic carbocycles. The standard InChI is InChI=1S/C25H32N2O5/c1-30-22-14-18(15-23(31-2)24(22)32-3)21(28)16-19(12-11-17-8-5-4-6-9-17)27-25(29)20-10-7-13-26-20/h4-6,8-9,14-15,19-20,26H,7,10-13,16H2,1-3H3,(H,27,29)/t19?,20-/m0/s1. The number of ketones is 1. The van der Waals surface area contributed by atoms with Crippen molar-refractivity contribution in [1.29, 1.82) is 0 Å². The van der Waals surface area contributed by atoms with Crippen LogP contribution < -0.4 is 24.8 Å². The molecule has 7 nitrogen and oxygen atoms in total. The molecule has 0 bridgehead atoms. The van der Waals surface area contributed by atoms with Crippen molar-refractivity contribution in [3.63, 3.8) is 0 Å². The average molecular weight is 441 g/mol. The van der Waals surface area contributed by atoms with Crippen LogP contribution in [-0.4, -0.2) is 51.6 Å². The molecule has 1 heterocycles. The maximum Gasteiger partial charge on any atom is 0.237 e. The van der Waals surface area contributed by atoms with Crippen LogP contribution in [0.1, 0.15) is 41.6 Å². The van der Waals surface area contributed by atoms with Gasteiger partial charge in [0.05, 0.1) is 27.4 Å². The molecule has 2 aromatic carbocycles. The van der Waals surface area contributed by atoms with Crippen LogP contribution in [0.5, 0.6) is 17.2 Å². The van der Waals surface area contributed by atoms with Gasteiger partial charge in [-0.25, -0.2) is 0 Å². The zero-order valence-corrected chi connectivity index (χ0v) is 19.0. The van der Waals surface area contributed by atoms with E-state index in [-0.39, 0.29) is 30.2 Å². The lowest BCUT2D eigenvalue weighted by atomic mass is 9.97. The van der Waals surface area contributed by atoms with E-state index in [0.717, 1.165) is 25.8 Å². The lowest BCUT2D eigenvalue weighted by molar-refractivity contribution is -0.123. The zero-order valence-electron chi connectivity index (χ0n) is 19.0. The number of aryl methyl sites for hydroxylation is 1. The van der Waals surface area contributed by atoms with Gasteiger partial charge in [0.25, 0.3) is 0 Å². The summed E-state index contributed by atoms with van der Waals surface area (Å²) in [6.07, 6.45) is 3.42. The highest BCUT2D eigenvalue weighted by Crippen LogP contribution is 2.38. The first-order valence-corrected chi connectivity index (χ1v) is 11.0. The molecule has 3 rings (SSSR count). The summed E-state index contributed by atoms with van der Waals surface area (Å²) in [6.45, 7) is 0.844. The number of ether oxygens (including phenoxy) is 3. The van der Waals surface area contributed by atoms with Crippen LogP contribution >= 0.6 is 0 Å². The highest BCUT2D eigenvalue weighted by Gasteiger charge is 2.26. The highest BCUT2D eigenvalue weighted by atomic mass is 16.5. The monoisotopic (exact) mass is 440 g/mol. The van der Waals surface area contributed by atoms with Gasteiger partial charge < -0.3 is 24.8 Å². The number of carbonyl (C=O) groups is 2. The number of nitrogens with one attached hydrogen (secondary N) is 2. The van der Waals surface area contributed by atoms with E-state index in [1.165, 1.54) is 26.9 Å². The van der Waals surface area contributed by atoms with E-state index >= 15 is 0 Å². The molecular weight excluding hydrogens is 408 g/mol. The number of hydrogen-bond acceptors (Lipinski definition) is 6. The predicted molar refractivity (Wildman–Crippen MR) is 123 cm³/mol. The topological polar surface area (TPSA) is 85.9 Å². The van der Waals surface area contributed by atoms with E-state index in [2.05, 4.69) is 22.8 Å². The molecule has 32 heavy (non-hydrogen) atoms. The van der Waals surface area contributed by atoms with E-state index < -0.39 is 0 Å². The van der Waals surface area contributed by atoms with Crippen molar-refractivity contribution in [3.05, 3.63) is 53.6 Å². The molecule has 0 radical (unpaired) electrons. The molecule has 1 fully saturated rings. The van der Waals surface area contributed by atoms with Crippen LogP contribution in [0.25, 0.3) is 0 Å². The van der Waals surface area contributed by atoms with Crippen molar-refractivity contribution in [1.82, 2.24) is 10.6 Å². The Kier molecular flexibility index (Phi) is 8.50. The van der Waals surface area contributed by atoms with Crippen molar-refractivity contribution in [2.24, 2.45) is 0 Å². The third-order valence-electron chi connectivity index (χ3n) is 5.77. The second-order valence-corrected chi connectivity index (χ2v) is 7.92. The third-order valence-corrected chi connectivity index (χ3v) is 5.77. The summed E-state index contributed by atoms with van der Waals surface area (Å²) < 4.78 is 16.1. The van der Waals surface area contributed by atoms with Crippen LogP contribution in [0.4, 0.5) is 0 Å². The van der Waals surface area contributed by atoms with Crippen molar-refractivity contribution in [3.8, 4) is 17.2 Å². The summed E-state index contributed by atoms with van der Waals surface area (Å²) in [5.74, 6) is 1.15. The Hall–Kier alpha value is -3.06. The second kappa shape index (κ2) is 11.5. The summed E-state index contributed by atoms with van der Waals surface area (Å²) in [7, 11) is 4.56. The molecular formula is C25H32N2O5. The molecule has 1 aliphatic rings. The maximum atomic E-state index is 13.2. The van der Waals surface area contributed by atoms with Gasteiger partial charge in [-0.1, -0.05) is 30.3 Å². The Bertz CT molecular complexity index is 885. The van der Waals surface area contributed by atoms with Gasteiger partial charge in [0.2, 0.25) is 11.7 Å². The summed E-state index contributed by atoms with van der Waals surface area (Å²) in [4.78, 5) is 25.9. The van der Waals surface area contributed by atoms with Gasteiger partial charge in [0.1, 0.15) is 0 Å². The summed E-state index contributed by atoms with van der Waals surface area (Å²) >= 11 is 0.